The predicted molar refractivity (Wildman–Crippen MR) is 99.5 cm³/mol. The van der Waals surface area contributed by atoms with Gasteiger partial charge in [0.2, 0.25) is 5.91 Å². The van der Waals surface area contributed by atoms with Crippen molar-refractivity contribution in [3.63, 3.8) is 0 Å². The summed E-state index contributed by atoms with van der Waals surface area (Å²) in [5, 5.41) is 3.60. The van der Waals surface area contributed by atoms with Gasteiger partial charge >= 0.3 is 0 Å². The van der Waals surface area contributed by atoms with Crippen LogP contribution in [0.25, 0.3) is 16.7 Å². The lowest BCUT2D eigenvalue weighted by Gasteiger charge is -2.08. The van der Waals surface area contributed by atoms with Crippen LogP contribution in [0.3, 0.4) is 0 Å². The molecule has 1 amide bonds. The van der Waals surface area contributed by atoms with E-state index in [-0.39, 0.29) is 17.5 Å². The Balaban J connectivity index is 1.46. The molecule has 1 aromatic carbocycles. The number of fused-ring (bicyclic) bond motifs is 3. The second-order valence-electron chi connectivity index (χ2n) is 5.72. The van der Waals surface area contributed by atoms with E-state index in [4.69, 9.17) is 0 Å². The molecule has 1 N–H and O–H groups in total. The number of hydrogen-bond donors (Lipinski definition) is 1. The molecular formula is C19H15FN4OS. The summed E-state index contributed by atoms with van der Waals surface area (Å²) in [5.41, 5.74) is 3.37. The van der Waals surface area contributed by atoms with E-state index in [1.807, 2.05) is 34.9 Å². The van der Waals surface area contributed by atoms with Gasteiger partial charge in [-0.15, -0.1) is 0 Å². The zero-order chi connectivity index (χ0) is 17.9. The smallest absolute Gasteiger partial charge is 0.230 e. The van der Waals surface area contributed by atoms with Crippen molar-refractivity contribution in [2.45, 2.75) is 11.6 Å². The summed E-state index contributed by atoms with van der Waals surface area (Å²) in [4.78, 5) is 21.0. The highest BCUT2D eigenvalue weighted by Crippen LogP contribution is 2.25. The van der Waals surface area contributed by atoms with Crippen LogP contribution in [-0.2, 0) is 11.3 Å². The minimum atomic E-state index is -0.289. The zero-order valence-electron chi connectivity index (χ0n) is 13.7. The van der Waals surface area contributed by atoms with Gasteiger partial charge in [0.05, 0.1) is 16.8 Å². The van der Waals surface area contributed by atoms with E-state index in [1.54, 1.807) is 18.3 Å². The van der Waals surface area contributed by atoms with Gasteiger partial charge in [-0.05, 0) is 42.0 Å². The number of pyridine rings is 1. The Kier molecular flexibility index (Phi) is 4.53. The first-order valence-electron chi connectivity index (χ1n) is 8.06. The fraction of sp³-hybridized carbons (Fsp3) is 0.105. The topological polar surface area (TPSA) is 59.3 Å². The van der Waals surface area contributed by atoms with Gasteiger partial charge in [0.15, 0.2) is 5.65 Å². The van der Waals surface area contributed by atoms with Crippen LogP contribution < -0.4 is 5.32 Å². The summed E-state index contributed by atoms with van der Waals surface area (Å²) in [6, 6.07) is 13.8. The lowest BCUT2D eigenvalue weighted by atomic mass is 10.2. The van der Waals surface area contributed by atoms with E-state index in [9.17, 15) is 9.18 Å². The highest BCUT2D eigenvalue weighted by molar-refractivity contribution is 8.00. The first kappa shape index (κ1) is 16.5. The number of amides is 1. The number of carbonyl (C=O) groups excluding carboxylic acids is 1. The van der Waals surface area contributed by atoms with E-state index in [0.29, 0.717) is 12.2 Å². The zero-order valence-corrected chi connectivity index (χ0v) is 14.5. The number of benzene rings is 1. The molecule has 130 valence electrons. The normalized spacial score (nSPS) is 11.1. The summed E-state index contributed by atoms with van der Waals surface area (Å²) < 4.78 is 14.9. The average molecular weight is 366 g/mol. The standard InChI is InChI=1S/C19H15FN4OS/c20-14-7-5-13(6-8-14)11-22-17(25)12-26-19-16-4-2-10-24(16)15-3-1-9-21-18(15)23-19/h1-10H,11-12H2,(H,22,25). The number of nitrogens with one attached hydrogen (secondary N) is 1. The number of aromatic nitrogens is 3. The van der Waals surface area contributed by atoms with Crippen LogP contribution in [0, 0.1) is 5.82 Å². The fourth-order valence-electron chi connectivity index (χ4n) is 2.68. The van der Waals surface area contributed by atoms with E-state index >= 15 is 0 Å². The first-order chi connectivity index (χ1) is 12.7. The summed E-state index contributed by atoms with van der Waals surface area (Å²) in [6.07, 6.45) is 3.66. The molecule has 0 aliphatic heterocycles. The molecule has 0 spiro atoms. The molecule has 0 atom stereocenters. The van der Waals surface area contributed by atoms with Crippen molar-refractivity contribution in [3.05, 3.63) is 72.3 Å². The second-order valence-corrected chi connectivity index (χ2v) is 6.68. The number of nitrogens with zero attached hydrogens (tertiary/aromatic N) is 3. The molecule has 4 aromatic rings. The fourth-order valence-corrected chi connectivity index (χ4v) is 3.51. The lowest BCUT2D eigenvalue weighted by Crippen LogP contribution is -2.24. The van der Waals surface area contributed by atoms with Crippen molar-refractivity contribution in [1.82, 2.24) is 19.7 Å². The Bertz CT molecular complexity index is 1080. The second kappa shape index (κ2) is 7.13. The van der Waals surface area contributed by atoms with Crippen molar-refractivity contribution in [2.24, 2.45) is 0 Å². The highest BCUT2D eigenvalue weighted by atomic mass is 32.2. The third-order valence-electron chi connectivity index (χ3n) is 3.94. The lowest BCUT2D eigenvalue weighted by molar-refractivity contribution is -0.118. The van der Waals surface area contributed by atoms with Crippen LogP contribution in [0.4, 0.5) is 4.39 Å². The monoisotopic (exact) mass is 366 g/mol. The van der Waals surface area contributed by atoms with Crippen LogP contribution in [-0.4, -0.2) is 26.0 Å². The first-order valence-corrected chi connectivity index (χ1v) is 9.05. The molecule has 26 heavy (non-hydrogen) atoms. The van der Waals surface area contributed by atoms with Crippen molar-refractivity contribution in [2.75, 3.05) is 5.75 Å². The van der Waals surface area contributed by atoms with Gasteiger partial charge in [0.25, 0.3) is 0 Å². The molecule has 5 nitrogen and oxygen atoms in total. The molecular weight excluding hydrogens is 351 g/mol. The average Bonchev–Trinajstić information content (AvgIpc) is 3.16. The Labute approximate surface area is 153 Å². The summed E-state index contributed by atoms with van der Waals surface area (Å²) in [5.74, 6) is -0.150. The number of hydrogen-bond acceptors (Lipinski definition) is 4. The molecule has 0 saturated carbocycles. The van der Waals surface area contributed by atoms with E-state index in [0.717, 1.165) is 21.6 Å². The van der Waals surface area contributed by atoms with Crippen LogP contribution in [0.1, 0.15) is 5.56 Å². The van der Waals surface area contributed by atoms with Gasteiger partial charge in [-0.1, -0.05) is 23.9 Å². The molecule has 0 aliphatic rings. The van der Waals surface area contributed by atoms with Gasteiger partial charge in [-0.25, -0.2) is 14.4 Å². The molecule has 0 radical (unpaired) electrons. The highest BCUT2D eigenvalue weighted by Gasteiger charge is 2.11. The SMILES string of the molecule is O=C(CSc1nc2ncccc2n2cccc12)NCc1ccc(F)cc1. The van der Waals surface area contributed by atoms with E-state index in [2.05, 4.69) is 15.3 Å². The quantitative estimate of drug-likeness (QED) is 0.550. The molecule has 0 bridgehead atoms. The number of rotatable bonds is 5. The van der Waals surface area contributed by atoms with Crippen molar-refractivity contribution in [1.29, 1.82) is 0 Å². The van der Waals surface area contributed by atoms with Crippen LogP contribution in [0.5, 0.6) is 0 Å². The van der Waals surface area contributed by atoms with E-state index < -0.39 is 0 Å². The third-order valence-corrected chi connectivity index (χ3v) is 4.92. The minimum absolute atomic E-state index is 0.105. The summed E-state index contributed by atoms with van der Waals surface area (Å²) in [6.45, 7) is 0.368. The third kappa shape index (κ3) is 3.39. The predicted octanol–water partition coefficient (Wildman–Crippen LogP) is 3.43. The maximum Gasteiger partial charge on any atom is 0.230 e. The van der Waals surface area contributed by atoms with Crippen molar-refractivity contribution >= 4 is 34.3 Å². The maximum atomic E-state index is 12.9. The molecule has 0 unspecified atom stereocenters. The summed E-state index contributed by atoms with van der Waals surface area (Å²) in [7, 11) is 0. The van der Waals surface area contributed by atoms with Gasteiger partial charge in [0, 0.05) is 18.9 Å². The number of carbonyl (C=O) groups is 1. The van der Waals surface area contributed by atoms with Gasteiger partial charge < -0.3 is 9.72 Å². The van der Waals surface area contributed by atoms with Crippen LogP contribution in [0.2, 0.25) is 0 Å². The molecule has 7 heteroatoms. The Hall–Kier alpha value is -2.93. The van der Waals surface area contributed by atoms with Crippen molar-refractivity contribution < 1.29 is 9.18 Å². The van der Waals surface area contributed by atoms with Gasteiger partial charge in [0.1, 0.15) is 10.8 Å². The van der Waals surface area contributed by atoms with Gasteiger partial charge in [-0.3, -0.25) is 4.79 Å². The minimum Gasteiger partial charge on any atom is -0.351 e. The maximum absolute atomic E-state index is 12.9. The largest absolute Gasteiger partial charge is 0.351 e. The molecule has 3 heterocycles. The molecule has 0 aliphatic carbocycles. The number of thioether (sulfide) groups is 1. The molecule has 4 rings (SSSR count). The Morgan fingerprint density at radius 1 is 1.12 bits per heavy atom. The van der Waals surface area contributed by atoms with Crippen molar-refractivity contribution in [3.8, 4) is 0 Å². The summed E-state index contributed by atoms with van der Waals surface area (Å²) >= 11 is 1.37. The Morgan fingerprint density at radius 3 is 2.77 bits per heavy atom. The number of halogens is 1. The van der Waals surface area contributed by atoms with Gasteiger partial charge in [-0.2, -0.15) is 0 Å². The van der Waals surface area contributed by atoms with E-state index in [1.165, 1.54) is 23.9 Å². The van der Waals surface area contributed by atoms with Crippen LogP contribution >= 0.6 is 11.8 Å². The molecule has 0 saturated heterocycles. The van der Waals surface area contributed by atoms with Crippen LogP contribution in [0.15, 0.2) is 66.0 Å². The Morgan fingerprint density at radius 2 is 1.92 bits per heavy atom. The molecule has 3 aromatic heterocycles. The molecule has 0 fully saturated rings.